The Morgan fingerprint density at radius 1 is 1.27 bits per heavy atom. The minimum Gasteiger partial charge on any atom is -0.377 e. The Labute approximate surface area is 67.8 Å². The van der Waals surface area contributed by atoms with Gasteiger partial charge in [0.2, 0.25) is 0 Å². The summed E-state index contributed by atoms with van der Waals surface area (Å²) in [6.07, 6.45) is 0.728. The lowest BCUT2D eigenvalue weighted by atomic mass is 10.5. The molecule has 0 saturated carbocycles. The van der Waals surface area contributed by atoms with Gasteiger partial charge in [-0.1, -0.05) is 0 Å². The number of methoxy groups -OCH3 is 1. The second kappa shape index (κ2) is 3.64. The van der Waals surface area contributed by atoms with Gasteiger partial charge in [0, 0.05) is 33.8 Å². The molecule has 0 bridgehead atoms. The van der Waals surface area contributed by atoms with Gasteiger partial charge < -0.3 is 18.0 Å². The molecule has 1 saturated heterocycles. The lowest BCUT2D eigenvalue weighted by molar-refractivity contribution is -0.0703. The molecule has 0 aliphatic carbocycles. The number of ether oxygens (including phenoxy) is 1. The number of rotatable bonds is 3. The molecule has 1 fully saturated rings. The summed E-state index contributed by atoms with van der Waals surface area (Å²) in [5.74, 6) is 0. The van der Waals surface area contributed by atoms with Crippen molar-refractivity contribution in [3.63, 3.8) is 0 Å². The van der Waals surface area contributed by atoms with E-state index in [0.717, 1.165) is 12.5 Å². The summed E-state index contributed by atoms with van der Waals surface area (Å²) >= 11 is 0. The second-order valence-electron chi connectivity index (χ2n) is 2.41. The van der Waals surface area contributed by atoms with Gasteiger partial charge in [-0.05, 0) is 0 Å². The largest absolute Gasteiger partial charge is 0.502 e. The maximum atomic E-state index is 5.47. The summed E-state index contributed by atoms with van der Waals surface area (Å²) in [6, 6.07) is 0.846. The summed E-state index contributed by atoms with van der Waals surface area (Å²) in [5, 5.41) is 0. The molecular formula is C6H14O4Si. The maximum Gasteiger partial charge on any atom is 0.502 e. The van der Waals surface area contributed by atoms with Crippen molar-refractivity contribution >= 4 is 8.80 Å². The van der Waals surface area contributed by atoms with Crippen LogP contribution in [0, 0.1) is 0 Å². The van der Waals surface area contributed by atoms with Crippen LogP contribution in [0.4, 0.5) is 0 Å². The SMILES string of the molecule is COC1CC[Si](OC)(OC)O1. The molecule has 11 heavy (non-hydrogen) atoms. The van der Waals surface area contributed by atoms with Gasteiger partial charge in [0.1, 0.15) is 0 Å². The predicted molar refractivity (Wildman–Crippen MR) is 41.1 cm³/mol. The quantitative estimate of drug-likeness (QED) is 0.593. The van der Waals surface area contributed by atoms with E-state index >= 15 is 0 Å². The zero-order valence-electron chi connectivity index (χ0n) is 7.12. The standard InChI is InChI=1S/C6H14O4Si/c1-7-6-4-5-11(8-2,9-3)10-6/h6H,4-5H2,1-3H3. The first-order valence-electron chi connectivity index (χ1n) is 3.57. The highest BCUT2D eigenvalue weighted by atomic mass is 28.4. The van der Waals surface area contributed by atoms with Crippen LogP contribution in [0.2, 0.25) is 6.04 Å². The zero-order chi connectivity index (χ0) is 8.32. The normalized spacial score (nSPS) is 29.2. The molecule has 1 heterocycles. The molecule has 66 valence electrons. The molecule has 0 N–H and O–H groups in total. The van der Waals surface area contributed by atoms with Crippen LogP contribution in [-0.4, -0.2) is 36.4 Å². The van der Waals surface area contributed by atoms with Crippen LogP contribution in [-0.2, 0) is 18.0 Å². The summed E-state index contributed by atoms with van der Waals surface area (Å²) in [4.78, 5) is 0. The van der Waals surface area contributed by atoms with Crippen LogP contribution in [0.1, 0.15) is 6.42 Å². The molecule has 1 rings (SSSR count). The van der Waals surface area contributed by atoms with Gasteiger partial charge in [0.05, 0.1) is 0 Å². The second-order valence-corrected chi connectivity index (χ2v) is 5.33. The maximum absolute atomic E-state index is 5.47. The van der Waals surface area contributed by atoms with E-state index in [1.165, 1.54) is 0 Å². The van der Waals surface area contributed by atoms with Crippen molar-refractivity contribution in [3.05, 3.63) is 0 Å². The predicted octanol–water partition coefficient (Wildman–Crippen LogP) is 0.611. The van der Waals surface area contributed by atoms with Gasteiger partial charge in [0.25, 0.3) is 0 Å². The third kappa shape index (κ3) is 1.80. The van der Waals surface area contributed by atoms with Crippen molar-refractivity contribution in [3.8, 4) is 0 Å². The third-order valence-corrected chi connectivity index (χ3v) is 4.65. The highest BCUT2D eigenvalue weighted by Crippen LogP contribution is 2.28. The van der Waals surface area contributed by atoms with Crippen molar-refractivity contribution in [2.75, 3.05) is 21.3 Å². The minimum absolute atomic E-state index is 0.137. The van der Waals surface area contributed by atoms with E-state index < -0.39 is 8.80 Å². The Morgan fingerprint density at radius 3 is 2.18 bits per heavy atom. The lowest BCUT2D eigenvalue weighted by Crippen LogP contribution is -2.40. The van der Waals surface area contributed by atoms with Crippen LogP contribution < -0.4 is 0 Å². The Bertz CT molecular complexity index is 126. The molecular weight excluding hydrogens is 164 g/mol. The molecule has 0 radical (unpaired) electrons. The molecule has 1 atom stereocenters. The fraction of sp³-hybridized carbons (Fsp3) is 1.00. The van der Waals surface area contributed by atoms with Crippen LogP contribution in [0.3, 0.4) is 0 Å². The lowest BCUT2D eigenvalue weighted by Gasteiger charge is -2.20. The zero-order valence-corrected chi connectivity index (χ0v) is 8.12. The van der Waals surface area contributed by atoms with E-state index in [0.29, 0.717) is 0 Å². The van der Waals surface area contributed by atoms with Crippen molar-refractivity contribution in [1.29, 1.82) is 0 Å². The first-order valence-corrected chi connectivity index (χ1v) is 5.50. The molecule has 1 unspecified atom stereocenters. The first-order chi connectivity index (χ1) is 5.26. The Balaban J connectivity index is 2.48. The molecule has 0 aromatic carbocycles. The fourth-order valence-corrected chi connectivity index (χ4v) is 3.25. The Kier molecular flexibility index (Phi) is 3.03. The Hall–Kier alpha value is 0.0569. The highest BCUT2D eigenvalue weighted by Gasteiger charge is 2.47. The summed E-state index contributed by atoms with van der Waals surface area (Å²) in [7, 11) is 2.57. The Morgan fingerprint density at radius 2 is 1.91 bits per heavy atom. The monoisotopic (exact) mass is 178 g/mol. The van der Waals surface area contributed by atoms with E-state index in [9.17, 15) is 0 Å². The van der Waals surface area contributed by atoms with Gasteiger partial charge in [-0.2, -0.15) is 0 Å². The fourth-order valence-electron chi connectivity index (χ4n) is 1.16. The van der Waals surface area contributed by atoms with Crippen molar-refractivity contribution in [1.82, 2.24) is 0 Å². The van der Waals surface area contributed by atoms with Crippen LogP contribution in [0.15, 0.2) is 0 Å². The smallest absolute Gasteiger partial charge is 0.377 e. The van der Waals surface area contributed by atoms with Gasteiger partial charge >= 0.3 is 8.80 Å². The van der Waals surface area contributed by atoms with E-state index in [1.54, 1.807) is 21.3 Å². The molecule has 4 nitrogen and oxygen atoms in total. The van der Waals surface area contributed by atoms with Gasteiger partial charge in [0.15, 0.2) is 6.29 Å². The van der Waals surface area contributed by atoms with E-state index in [-0.39, 0.29) is 6.29 Å². The average molecular weight is 178 g/mol. The highest BCUT2D eigenvalue weighted by molar-refractivity contribution is 6.61. The molecule has 1 aliphatic rings. The topological polar surface area (TPSA) is 36.9 Å². The van der Waals surface area contributed by atoms with Gasteiger partial charge in [-0.25, -0.2) is 0 Å². The molecule has 0 amide bonds. The summed E-state index contributed by atoms with van der Waals surface area (Å²) < 4.78 is 20.9. The molecule has 0 aromatic heterocycles. The van der Waals surface area contributed by atoms with E-state index in [4.69, 9.17) is 18.0 Å². The summed E-state index contributed by atoms with van der Waals surface area (Å²) in [5.41, 5.74) is 0. The summed E-state index contributed by atoms with van der Waals surface area (Å²) in [6.45, 7) is 0. The van der Waals surface area contributed by atoms with Crippen LogP contribution in [0.5, 0.6) is 0 Å². The number of hydrogen-bond acceptors (Lipinski definition) is 4. The van der Waals surface area contributed by atoms with E-state index in [2.05, 4.69) is 0 Å². The molecule has 5 heteroatoms. The molecule has 0 aromatic rings. The van der Waals surface area contributed by atoms with Gasteiger partial charge in [-0.15, -0.1) is 0 Å². The average Bonchev–Trinajstić information content (AvgIpc) is 2.49. The van der Waals surface area contributed by atoms with Crippen molar-refractivity contribution in [2.24, 2.45) is 0 Å². The van der Waals surface area contributed by atoms with Gasteiger partial charge in [-0.3, -0.25) is 0 Å². The molecule has 0 spiro atoms. The van der Waals surface area contributed by atoms with E-state index in [1.807, 2.05) is 0 Å². The molecule has 1 aliphatic heterocycles. The first kappa shape index (κ1) is 9.15. The van der Waals surface area contributed by atoms with Crippen LogP contribution >= 0.6 is 0 Å². The number of hydrogen-bond donors (Lipinski definition) is 0. The van der Waals surface area contributed by atoms with Crippen LogP contribution in [0.25, 0.3) is 0 Å². The van der Waals surface area contributed by atoms with Crippen molar-refractivity contribution < 1.29 is 18.0 Å². The minimum atomic E-state index is -2.29. The van der Waals surface area contributed by atoms with Crippen molar-refractivity contribution in [2.45, 2.75) is 18.8 Å². The third-order valence-electron chi connectivity index (χ3n) is 1.88.